The number of nitrogens with one attached hydrogen (secondary N) is 2. The minimum atomic E-state index is 0.244. The van der Waals surface area contributed by atoms with Crippen LogP contribution in [0.25, 0.3) is 0 Å². The molecule has 2 rings (SSSR count). The molecule has 2 aromatic heterocycles. The molecular weight excluding hydrogens is 216 g/mol. The fourth-order valence-corrected chi connectivity index (χ4v) is 1.40. The Morgan fingerprint density at radius 3 is 3.06 bits per heavy atom. The summed E-state index contributed by atoms with van der Waals surface area (Å²) >= 11 is 0. The smallest absolute Gasteiger partial charge is 0.165 e. The van der Waals surface area contributed by atoms with Gasteiger partial charge in [0.05, 0.1) is 5.69 Å². The van der Waals surface area contributed by atoms with Crippen molar-refractivity contribution >= 4 is 11.5 Å². The highest BCUT2D eigenvalue weighted by molar-refractivity contribution is 5.54. The van der Waals surface area contributed by atoms with Crippen LogP contribution in [0.3, 0.4) is 0 Å². The lowest BCUT2D eigenvalue weighted by Gasteiger charge is -2.05. The summed E-state index contributed by atoms with van der Waals surface area (Å²) < 4.78 is 0. The number of imidazole rings is 1. The number of anilines is 2. The predicted molar refractivity (Wildman–Crippen MR) is 64.1 cm³/mol. The highest BCUT2D eigenvalue weighted by Crippen LogP contribution is 2.11. The molecule has 0 aromatic carbocycles. The number of nitrogens with two attached hydrogens (primary N) is 1. The predicted octanol–water partition coefficient (Wildman–Crippen LogP) is 0.913. The molecule has 0 amide bonds. The molecular formula is C11H12N6. The molecule has 0 aliphatic carbocycles. The lowest BCUT2D eigenvalue weighted by molar-refractivity contribution is 0.921. The maximum Gasteiger partial charge on any atom is 0.165 e. The van der Waals surface area contributed by atoms with Gasteiger partial charge in [-0.15, -0.1) is 0 Å². The normalized spacial score (nSPS) is 9.82. The molecule has 0 unspecified atom stereocenters. The van der Waals surface area contributed by atoms with Crippen molar-refractivity contribution in [3.05, 3.63) is 36.0 Å². The van der Waals surface area contributed by atoms with Crippen LogP contribution in [0, 0.1) is 11.3 Å². The molecule has 0 spiro atoms. The number of nitrogens with zero attached hydrogens (tertiary/aromatic N) is 3. The maximum absolute atomic E-state index is 8.78. The third-order valence-electron chi connectivity index (χ3n) is 2.26. The summed E-state index contributed by atoms with van der Waals surface area (Å²) in [6.45, 7) is 0.690. The first kappa shape index (κ1) is 11.0. The van der Waals surface area contributed by atoms with Crippen LogP contribution in [0.5, 0.6) is 0 Å². The SMILES string of the molecule is N#Cc1nc(NCCc2ncc[nH]2)ccc1N. The Morgan fingerprint density at radius 2 is 2.35 bits per heavy atom. The van der Waals surface area contributed by atoms with Gasteiger partial charge in [-0.3, -0.25) is 0 Å². The summed E-state index contributed by atoms with van der Waals surface area (Å²) in [5.74, 6) is 1.55. The lowest BCUT2D eigenvalue weighted by atomic mass is 10.3. The van der Waals surface area contributed by atoms with E-state index in [1.807, 2.05) is 6.07 Å². The van der Waals surface area contributed by atoms with Crippen LogP contribution >= 0.6 is 0 Å². The number of nitrogen functional groups attached to an aromatic ring is 1. The van der Waals surface area contributed by atoms with Gasteiger partial charge in [-0.25, -0.2) is 9.97 Å². The fraction of sp³-hybridized carbons (Fsp3) is 0.182. The Morgan fingerprint density at radius 1 is 1.47 bits per heavy atom. The number of H-pyrrole nitrogens is 1. The molecule has 2 heterocycles. The van der Waals surface area contributed by atoms with Crippen molar-refractivity contribution in [3.63, 3.8) is 0 Å². The molecule has 0 aliphatic rings. The van der Waals surface area contributed by atoms with Crippen molar-refractivity contribution in [2.45, 2.75) is 6.42 Å². The van der Waals surface area contributed by atoms with Crippen molar-refractivity contribution in [2.75, 3.05) is 17.6 Å². The number of aromatic amines is 1. The van der Waals surface area contributed by atoms with E-state index < -0.39 is 0 Å². The van der Waals surface area contributed by atoms with Crippen molar-refractivity contribution in [1.82, 2.24) is 15.0 Å². The van der Waals surface area contributed by atoms with Crippen LogP contribution < -0.4 is 11.1 Å². The second kappa shape index (κ2) is 4.99. The molecule has 0 saturated carbocycles. The van der Waals surface area contributed by atoms with Crippen molar-refractivity contribution < 1.29 is 0 Å². The van der Waals surface area contributed by atoms with Crippen LogP contribution in [-0.2, 0) is 6.42 Å². The Hall–Kier alpha value is -2.55. The largest absolute Gasteiger partial charge is 0.396 e. The van der Waals surface area contributed by atoms with E-state index >= 15 is 0 Å². The van der Waals surface area contributed by atoms with Gasteiger partial charge in [-0.1, -0.05) is 0 Å². The van der Waals surface area contributed by atoms with E-state index in [0.717, 1.165) is 12.2 Å². The van der Waals surface area contributed by atoms with Crippen molar-refractivity contribution in [3.8, 4) is 6.07 Å². The van der Waals surface area contributed by atoms with Gasteiger partial charge >= 0.3 is 0 Å². The number of hydrogen-bond acceptors (Lipinski definition) is 5. The second-order valence-electron chi connectivity index (χ2n) is 3.46. The Labute approximate surface area is 98.5 Å². The van der Waals surface area contributed by atoms with E-state index in [-0.39, 0.29) is 5.69 Å². The molecule has 6 heteroatoms. The van der Waals surface area contributed by atoms with E-state index in [4.69, 9.17) is 11.0 Å². The molecule has 0 aliphatic heterocycles. The molecule has 86 valence electrons. The Bertz CT molecular complexity index is 525. The summed E-state index contributed by atoms with van der Waals surface area (Å²) in [4.78, 5) is 11.2. The zero-order chi connectivity index (χ0) is 12.1. The van der Waals surface area contributed by atoms with Crippen molar-refractivity contribution in [1.29, 1.82) is 5.26 Å². The summed E-state index contributed by atoms with van der Waals surface area (Å²) in [7, 11) is 0. The summed E-state index contributed by atoms with van der Waals surface area (Å²) in [6, 6.07) is 5.36. The summed E-state index contributed by atoms with van der Waals surface area (Å²) in [6.07, 6.45) is 4.26. The first-order chi connectivity index (χ1) is 8.29. The molecule has 0 atom stereocenters. The molecule has 17 heavy (non-hydrogen) atoms. The zero-order valence-electron chi connectivity index (χ0n) is 9.14. The number of hydrogen-bond donors (Lipinski definition) is 3. The first-order valence-corrected chi connectivity index (χ1v) is 5.18. The topological polar surface area (TPSA) is 103 Å². The van der Waals surface area contributed by atoms with Crippen LogP contribution in [0.4, 0.5) is 11.5 Å². The van der Waals surface area contributed by atoms with E-state index in [1.54, 1.807) is 24.5 Å². The van der Waals surface area contributed by atoms with Gasteiger partial charge in [0.15, 0.2) is 5.69 Å². The summed E-state index contributed by atoms with van der Waals surface area (Å²) in [5.41, 5.74) is 6.21. The quantitative estimate of drug-likeness (QED) is 0.721. The maximum atomic E-state index is 8.78. The van der Waals surface area contributed by atoms with Gasteiger partial charge in [0.2, 0.25) is 0 Å². The third kappa shape index (κ3) is 2.72. The number of nitriles is 1. The average Bonchev–Trinajstić information content (AvgIpc) is 2.84. The molecule has 0 radical (unpaired) electrons. The fourth-order valence-electron chi connectivity index (χ4n) is 1.40. The van der Waals surface area contributed by atoms with Gasteiger partial charge in [0, 0.05) is 25.4 Å². The van der Waals surface area contributed by atoms with Crippen LogP contribution in [0.2, 0.25) is 0 Å². The summed E-state index contributed by atoms with van der Waals surface area (Å²) in [5, 5.41) is 11.9. The lowest BCUT2D eigenvalue weighted by Crippen LogP contribution is -2.08. The van der Waals surface area contributed by atoms with Crippen molar-refractivity contribution in [2.24, 2.45) is 0 Å². The van der Waals surface area contributed by atoms with Crippen LogP contribution in [0.1, 0.15) is 11.5 Å². The van der Waals surface area contributed by atoms with E-state index in [9.17, 15) is 0 Å². The molecule has 4 N–H and O–H groups in total. The average molecular weight is 228 g/mol. The van der Waals surface area contributed by atoms with Gasteiger partial charge in [0.1, 0.15) is 17.7 Å². The Balaban J connectivity index is 1.93. The van der Waals surface area contributed by atoms with E-state index in [0.29, 0.717) is 18.1 Å². The first-order valence-electron chi connectivity index (χ1n) is 5.18. The van der Waals surface area contributed by atoms with Gasteiger partial charge in [-0.2, -0.15) is 5.26 Å². The highest BCUT2D eigenvalue weighted by Gasteiger charge is 2.01. The van der Waals surface area contributed by atoms with Crippen LogP contribution in [-0.4, -0.2) is 21.5 Å². The monoisotopic (exact) mass is 228 g/mol. The molecule has 6 nitrogen and oxygen atoms in total. The van der Waals surface area contributed by atoms with E-state index in [2.05, 4.69) is 20.3 Å². The minimum absolute atomic E-state index is 0.244. The highest BCUT2D eigenvalue weighted by atomic mass is 15.0. The number of rotatable bonds is 4. The standard InChI is InChI=1S/C11H12N6/c12-7-9-8(13)1-2-11(17-9)14-4-3-10-15-5-6-16-10/h1-2,5-6H,3-4,13H2,(H,14,17)(H,15,16). The molecule has 0 bridgehead atoms. The zero-order valence-corrected chi connectivity index (χ0v) is 9.14. The number of aromatic nitrogens is 3. The molecule has 0 saturated heterocycles. The van der Waals surface area contributed by atoms with E-state index in [1.165, 1.54) is 0 Å². The number of pyridine rings is 1. The van der Waals surface area contributed by atoms with Gasteiger partial charge in [-0.05, 0) is 12.1 Å². The Kier molecular flexibility index (Phi) is 3.21. The molecule has 0 fully saturated rings. The second-order valence-corrected chi connectivity index (χ2v) is 3.46. The van der Waals surface area contributed by atoms with Crippen LogP contribution in [0.15, 0.2) is 24.5 Å². The van der Waals surface area contributed by atoms with Gasteiger partial charge < -0.3 is 16.0 Å². The minimum Gasteiger partial charge on any atom is -0.396 e. The molecule has 2 aromatic rings. The van der Waals surface area contributed by atoms with Gasteiger partial charge in [0.25, 0.3) is 0 Å². The third-order valence-corrected chi connectivity index (χ3v) is 2.26.